The van der Waals surface area contributed by atoms with E-state index in [9.17, 15) is 4.79 Å². The highest BCUT2D eigenvalue weighted by molar-refractivity contribution is 9.11. The molecule has 1 aromatic rings. The molecule has 2 N–H and O–H groups in total. The molecule has 16 heavy (non-hydrogen) atoms. The number of carbonyl (C=O) groups excluding carboxylic acids is 1. The van der Waals surface area contributed by atoms with Gasteiger partial charge in [-0.25, -0.2) is 0 Å². The number of thiophene rings is 1. The summed E-state index contributed by atoms with van der Waals surface area (Å²) in [6, 6.07) is 4.04. The summed E-state index contributed by atoms with van der Waals surface area (Å²) in [5.41, 5.74) is 0. The average Bonchev–Trinajstić information content (AvgIpc) is 2.84. The van der Waals surface area contributed by atoms with Crippen molar-refractivity contribution in [2.75, 3.05) is 13.1 Å². The van der Waals surface area contributed by atoms with Crippen molar-refractivity contribution in [3.63, 3.8) is 0 Å². The maximum absolute atomic E-state index is 11.9. The molecule has 0 radical (unpaired) electrons. The Kier molecular flexibility index (Phi) is 4.00. The van der Waals surface area contributed by atoms with Gasteiger partial charge in [-0.15, -0.1) is 11.3 Å². The lowest BCUT2D eigenvalue weighted by Gasteiger charge is -2.13. The zero-order valence-corrected chi connectivity index (χ0v) is 11.5. The number of carbonyl (C=O) groups is 1. The van der Waals surface area contributed by atoms with Gasteiger partial charge in [0.15, 0.2) is 0 Å². The van der Waals surface area contributed by atoms with Crippen LogP contribution in [0.2, 0.25) is 0 Å². The van der Waals surface area contributed by atoms with Crippen LogP contribution in [0.5, 0.6) is 0 Å². The summed E-state index contributed by atoms with van der Waals surface area (Å²) in [6.07, 6.45) is 0. The minimum atomic E-state index is 0.128. The molecule has 2 atom stereocenters. The predicted octanol–water partition coefficient (Wildman–Crippen LogP) is 1.98. The molecular formula is C11H15BrN2OS. The van der Waals surface area contributed by atoms with Gasteiger partial charge < -0.3 is 10.6 Å². The second-order valence-corrected chi connectivity index (χ2v) is 6.71. The first-order chi connectivity index (χ1) is 7.66. The number of amides is 1. The molecular weight excluding hydrogens is 288 g/mol. The van der Waals surface area contributed by atoms with Gasteiger partial charge in [0.1, 0.15) is 0 Å². The number of hydrogen-bond acceptors (Lipinski definition) is 3. The molecule has 0 spiro atoms. The molecule has 3 nitrogen and oxygen atoms in total. The van der Waals surface area contributed by atoms with Gasteiger partial charge in [-0.2, -0.15) is 0 Å². The van der Waals surface area contributed by atoms with Gasteiger partial charge in [0, 0.05) is 11.4 Å². The lowest BCUT2D eigenvalue weighted by Crippen LogP contribution is -2.33. The van der Waals surface area contributed by atoms with Crippen LogP contribution in [-0.2, 0) is 11.3 Å². The predicted molar refractivity (Wildman–Crippen MR) is 69.4 cm³/mol. The summed E-state index contributed by atoms with van der Waals surface area (Å²) in [6.45, 7) is 4.51. The lowest BCUT2D eigenvalue weighted by atomic mass is 9.97. The SMILES string of the molecule is C[C@@H]1CNC[C@H]1C(=O)NCc1ccc(Br)s1. The fraction of sp³-hybridized carbons (Fsp3) is 0.545. The van der Waals surface area contributed by atoms with E-state index in [1.54, 1.807) is 11.3 Å². The Bertz CT molecular complexity index is 380. The summed E-state index contributed by atoms with van der Waals surface area (Å²) in [5.74, 6) is 0.737. The van der Waals surface area contributed by atoms with E-state index in [1.165, 1.54) is 4.88 Å². The molecule has 88 valence electrons. The van der Waals surface area contributed by atoms with Crippen LogP contribution >= 0.6 is 27.3 Å². The van der Waals surface area contributed by atoms with E-state index < -0.39 is 0 Å². The van der Waals surface area contributed by atoms with E-state index in [4.69, 9.17) is 0 Å². The van der Waals surface area contributed by atoms with Crippen molar-refractivity contribution < 1.29 is 4.79 Å². The third kappa shape index (κ3) is 2.84. The topological polar surface area (TPSA) is 41.1 Å². The van der Waals surface area contributed by atoms with Gasteiger partial charge in [-0.05, 0) is 40.5 Å². The van der Waals surface area contributed by atoms with E-state index in [0.717, 1.165) is 16.9 Å². The van der Waals surface area contributed by atoms with Gasteiger partial charge in [0.2, 0.25) is 5.91 Å². The monoisotopic (exact) mass is 302 g/mol. The van der Waals surface area contributed by atoms with E-state index in [1.807, 2.05) is 12.1 Å². The van der Waals surface area contributed by atoms with Crippen LogP contribution in [0.25, 0.3) is 0 Å². The van der Waals surface area contributed by atoms with E-state index in [2.05, 4.69) is 33.5 Å². The Morgan fingerprint density at radius 3 is 3.00 bits per heavy atom. The molecule has 5 heteroatoms. The highest BCUT2D eigenvalue weighted by Gasteiger charge is 2.29. The van der Waals surface area contributed by atoms with Gasteiger partial charge in [-0.1, -0.05) is 6.92 Å². The molecule has 0 saturated carbocycles. The lowest BCUT2D eigenvalue weighted by molar-refractivity contribution is -0.125. The van der Waals surface area contributed by atoms with Crippen LogP contribution in [0.3, 0.4) is 0 Å². The highest BCUT2D eigenvalue weighted by atomic mass is 79.9. The second-order valence-electron chi connectivity index (χ2n) is 4.17. The molecule has 1 aliphatic rings. The zero-order chi connectivity index (χ0) is 11.5. The number of hydrogen-bond donors (Lipinski definition) is 2. The Labute approximate surface area is 108 Å². The van der Waals surface area contributed by atoms with Gasteiger partial charge >= 0.3 is 0 Å². The minimum Gasteiger partial charge on any atom is -0.351 e. The molecule has 0 bridgehead atoms. The summed E-state index contributed by atoms with van der Waals surface area (Å²) in [7, 11) is 0. The normalized spacial score (nSPS) is 24.6. The first kappa shape index (κ1) is 12.1. The van der Waals surface area contributed by atoms with Crippen LogP contribution in [0.4, 0.5) is 0 Å². The molecule has 1 saturated heterocycles. The van der Waals surface area contributed by atoms with Crippen LogP contribution in [0.1, 0.15) is 11.8 Å². The van der Waals surface area contributed by atoms with E-state index >= 15 is 0 Å². The standard InChI is InChI=1S/C11H15BrN2OS/c1-7-4-13-6-9(7)11(15)14-5-8-2-3-10(12)16-8/h2-3,7,9,13H,4-6H2,1H3,(H,14,15)/t7-,9-/m1/s1. The molecule has 1 fully saturated rings. The van der Waals surface area contributed by atoms with Gasteiger partial charge in [-0.3, -0.25) is 4.79 Å². The van der Waals surface area contributed by atoms with Crippen LogP contribution in [0.15, 0.2) is 15.9 Å². The number of rotatable bonds is 3. The van der Waals surface area contributed by atoms with Crippen molar-refractivity contribution >= 4 is 33.2 Å². The van der Waals surface area contributed by atoms with E-state index in [-0.39, 0.29) is 11.8 Å². The van der Waals surface area contributed by atoms with E-state index in [0.29, 0.717) is 12.5 Å². The van der Waals surface area contributed by atoms with Gasteiger partial charge in [0.25, 0.3) is 0 Å². The molecule has 0 aromatic carbocycles. The highest BCUT2D eigenvalue weighted by Crippen LogP contribution is 2.22. The van der Waals surface area contributed by atoms with Crippen molar-refractivity contribution in [2.24, 2.45) is 11.8 Å². The molecule has 1 amide bonds. The number of halogens is 1. The maximum Gasteiger partial charge on any atom is 0.225 e. The zero-order valence-electron chi connectivity index (χ0n) is 9.13. The molecule has 2 heterocycles. The van der Waals surface area contributed by atoms with Crippen LogP contribution in [0, 0.1) is 11.8 Å². The third-order valence-corrected chi connectivity index (χ3v) is 4.54. The smallest absolute Gasteiger partial charge is 0.225 e. The van der Waals surface area contributed by atoms with Crippen molar-refractivity contribution in [1.29, 1.82) is 0 Å². The fourth-order valence-electron chi connectivity index (χ4n) is 1.91. The third-order valence-electron chi connectivity index (χ3n) is 2.92. The first-order valence-corrected chi connectivity index (χ1v) is 7.00. The molecule has 1 aromatic heterocycles. The van der Waals surface area contributed by atoms with Crippen LogP contribution in [-0.4, -0.2) is 19.0 Å². The Balaban J connectivity index is 1.83. The minimum absolute atomic E-state index is 0.128. The van der Waals surface area contributed by atoms with Crippen molar-refractivity contribution in [3.8, 4) is 0 Å². The molecule has 1 aliphatic heterocycles. The second kappa shape index (κ2) is 5.29. The van der Waals surface area contributed by atoms with Crippen LogP contribution < -0.4 is 10.6 Å². The first-order valence-electron chi connectivity index (χ1n) is 5.39. The molecule has 0 aliphatic carbocycles. The Hall–Kier alpha value is -0.390. The quantitative estimate of drug-likeness (QED) is 0.896. The maximum atomic E-state index is 11.9. The summed E-state index contributed by atoms with van der Waals surface area (Å²) >= 11 is 5.07. The van der Waals surface area contributed by atoms with Gasteiger partial charge in [0.05, 0.1) is 16.2 Å². The Morgan fingerprint density at radius 1 is 1.62 bits per heavy atom. The Morgan fingerprint density at radius 2 is 2.44 bits per heavy atom. The van der Waals surface area contributed by atoms with Crippen molar-refractivity contribution in [1.82, 2.24) is 10.6 Å². The average molecular weight is 303 g/mol. The molecule has 2 rings (SSSR count). The summed E-state index contributed by atoms with van der Waals surface area (Å²) in [4.78, 5) is 13.1. The summed E-state index contributed by atoms with van der Waals surface area (Å²) in [5, 5.41) is 6.23. The largest absolute Gasteiger partial charge is 0.351 e. The van der Waals surface area contributed by atoms with Crippen molar-refractivity contribution in [3.05, 3.63) is 20.8 Å². The summed E-state index contributed by atoms with van der Waals surface area (Å²) < 4.78 is 1.10. The fourth-order valence-corrected chi connectivity index (χ4v) is 3.34. The van der Waals surface area contributed by atoms with Crippen molar-refractivity contribution in [2.45, 2.75) is 13.5 Å². The number of nitrogens with one attached hydrogen (secondary N) is 2. The molecule has 0 unspecified atom stereocenters.